The van der Waals surface area contributed by atoms with E-state index in [1.807, 2.05) is 72.8 Å². The van der Waals surface area contributed by atoms with Gasteiger partial charge in [0.1, 0.15) is 0 Å². The van der Waals surface area contributed by atoms with E-state index >= 15 is 0 Å². The molecule has 0 unspecified atom stereocenters. The average molecular weight is 661 g/mol. The van der Waals surface area contributed by atoms with Gasteiger partial charge in [-0.1, -0.05) is 79.7 Å². The summed E-state index contributed by atoms with van der Waals surface area (Å²) in [6.07, 6.45) is 1.95. The number of nitrogens with one attached hydrogen (secondary N) is 1. The Morgan fingerprint density at radius 3 is 2.35 bits per heavy atom. The number of ether oxygens (including phenoxy) is 2. The van der Waals surface area contributed by atoms with Gasteiger partial charge in [-0.25, -0.2) is 4.79 Å². The summed E-state index contributed by atoms with van der Waals surface area (Å²) in [4.78, 5) is 29.1. The molecule has 1 saturated heterocycles. The number of amides is 1. The Balaban J connectivity index is 1.24. The summed E-state index contributed by atoms with van der Waals surface area (Å²) in [6, 6.07) is 34.3. The number of aromatic carboxylic acids is 1. The fourth-order valence-corrected chi connectivity index (χ4v) is 6.97. The summed E-state index contributed by atoms with van der Waals surface area (Å²) in [7, 11) is 0. The van der Waals surface area contributed by atoms with Gasteiger partial charge in [-0.15, -0.1) is 11.8 Å². The van der Waals surface area contributed by atoms with E-state index in [9.17, 15) is 19.8 Å². The zero-order chi connectivity index (χ0) is 33.5. The minimum Gasteiger partial charge on any atom is -0.478 e. The van der Waals surface area contributed by atoms with Crippen LogP contribution in [0.3, 0.4) is 0 Å². The summed E-state index contributed by atoms with van der Waals surface area (Å²) in [5.41, 5.74) is 6.35. The maximum Gasteiger partial charge on any atom is 0.336 e. The van der Waals surface area contributed by atoms with E-state index in [1.54, 1.807) is 36.7 Å². The number of hydrogen-bond donors (Lipinski definition) is 3. The summed E-state index contributed by atoms with van der Waals surface area (Å²) in [6.45, 7) is 2.42. The van der Waals surface area contributed by atoms with Crippen LogP contribution in [0.1, 0.15) is 62.3 Å². The first-order chi connectivity index (χ1) is 23.4. The molecule has 4 atom stereocenters. The van der Waals surface area contributed by atoms with Gasteiger partial charge < -0.3 is 25.0 Å². The number of rotatable bonds is 11. The van der Waals surface area contributed by atoms with Crippen molar-refractivity contribution < 1.29 is 29.3 Å². The van der Waals surface area contributed by atoms with Gasteiger partial charge in [0, 0.05) is 41.1 Å². The quantitative estimate of drug-likeness (QED) is 0.125. The second-order valence-corrected chi connectivity index (χ2v) is 12.7. The predicted octanol–water partition coefficient (Wildman–Crippen LogP) is 7.45. The largest absolute Gasteiger partial charge is 0.478 e. The van der Waals surface area contributed by atoms with E-state index in [1.165, 1.54) is 11.8 Å². The predicted molar refractivity (Wildman–Crippen MR) is 184 cm³/mol. The lowest BCUT2D eigenvalue weighted by Gasteiger charge is -2.41. The second kappa shape index (κ2) is 15.4. The van der Waals surface area contributed by atoms with E-state index in [4.69, 9.17) is 9.47 Å². The van der Waals surface area contributed by atoms with Crippen molar-refractivity contribution in [2.45, 2.75) is 43.5 Å². The highest BCUT2D eigenvalue weighted by molar-refractivity contribution is 7.99. The molecular formula is C39H36N2O6S. The molecule has 244 valence electrons. The number of carbonyl (C=O) groups excluding carboxylic acids is 1. The smallest absolute Gasteiger partial charge is 0.336 e. The van der Waals surface area contributed by atoms with Crippen LogP contribution in [0.2, 0.25) is 0 Å². The van der Waals surface area contributed by atoms with E-state index in [2.05, 4.69) is 29.4 Å². The number of hydrogen-bond acceptors (Lipinski definition) is 7. The molecule has 0 spiro atoms. The highest BCUT2D eigenvalue weighted by atomic mass is 32.2. The first-order valence-corrected chi connectivity index (χ1v) is 16.7. The Labute approximate surface area is 283 Å². The van der Waals surface area contributed by atoms with Gasteiger partial charge >= 0.3 is 5.97 Å². The van der Waals surface area contributed by atoms with Gasteiger partial charge in [-0.3, -0.25) is 9.78 Å². The third-order valence-corrected chi connectivity index (χ3v) is 9.60. The molecule has 0 aliphatic carbocycles. The minimum atomic E-state index is -0.962. The summed E-state index contributed by atoms with van der Waals surface area (Å²) in [5, 5.41) is 22.3. The number of aliphatic hydroxyl groups excluding tert-OH is 1. The molecule has 48 heavy (non-hydrogen) atoms. The maximum atomic E-state index is 12.6. The SMILES string of the molecule is C[C@H]1[C@@H](CSc2ccccc2C(=O)O)O[C@@H](c2cccc(-c3cccc(CNC(=O)c4cccnc4)c3)c2)O[C@H]1c1ccc(CO)cc1. The molecule has 1 fully saturated rings. The van der Waals surface area contributed by atoms with Gasteiger partial charge in [0.2, 0.25) is 0 Å². The molecule has 8 nitrogen and oxygen atoms in total. The number of carboxylic acid groups (broad SMARTS) is 1. The normalized spacial score (nSPS) is 19.0. The molecule has 0 saturated carbocycles. The number of benzene rings is 4. The number of carbonyl (C=O) groups is 2. The van der Waals surface area contributed by atoms with Crippen molar-refractivity contribution in [3.8, 4) is 11.1 Å². The Hall–Kier alpha value is -4.80. The van der Waals surface area contributed by atoms with Crippen molar-refractivity contribution in [2.24, 2.45) is 5.92 Å². The summed E-state index contributed by atoms with van der Waals surface area (Å²) >= 11 is 1.47. The lowest BCUT2D eigenvalue weighted by molar-refractivity contribution is -0.268. The van der Waals surface area contributed by atoms with Crippen LogP contribution in [0.4, 0.5) is 0 Å². The van der Waals surface area contributed by atoms with Crippen LogP contribution < -0.4 is 5.32 Å². The Morgan fingerprint density at radius 1 is 0.833 bits per heavy atom. The lowest BCUT2D eigenvalue weighted by atomic mass is 9.91. The van der Waals surface area contributed by atoms with Gasteiger partial charge in [-0.2, -0.15) is 0 Å². The number of nitrogens with zero attached hydrogens (tertiary/aromatic N) is 1. The van der Waals surface area contributed by atoms with Crippen LogP contribution in [0.25, 0.3) is 11.1 Å². The summed E-state index contributed by atoms with van der Waals surface area (Å²) < 4.78 is 13.3. The number of carboxylic acids is 1. The zero-order valence-corrected chi connectivity index (χ0v) is 27.2. The maximum absolute atomic E-state index is 12.6. The molecule has 5 aromatic rings. The monoisotopic (exact) mass is 660 g/mol. The number of aromatic nitrogens is 1. The van der Waals surface area contributed by atoms with Gasteiger partial charge in [0.05, 0.1) is 29.9 Å². The second-order valence-electron chi connectivity index (χ2n) is 11.7. The highest BCUT2D eigenvalue weighted by Gasteiger charge is 2.38. The van der Waals surface area contributed by atoms with Crippen molar-refractivity contribution in [3.05, 3.63) is 155 Å². The topological polar surface area (TPSA) is 118 Å². The minimum absolute atomic E-state index is 0.0415. The van der Waals surface area contributed by atoms with Crippen LogP contribution in [0.5, 0.6) is 0 Å². The first-order valence-electron chi connectivity index (χ1n) is 15.7. The molecule has 4 aromatic carbocycles. The van der Waals surface area contributed by atoms with Gasteiger partial charge in [0.15, 0.2) is 6.29 Å². The van der Waals surface area contributed by atoms with Gasteiger partial charge in [-0.05, 0) is 64.2 Å². The fourth-order valence-electron chi connectivity index (χ4n) is 5.76. The zero-order valence-electron chi connectivity index (χ0n) is 26.4. The third-order valence-electron chi connectivity index (χ3n) is 8.44. The van der Waals surface area contributed by atoms with Crippen LogP contribution >= 0.6 is 11.8 Å². The van der Waals surface area contributed by atoms with E-state index in [0.29, 0.717) is 22.8 Å². The Bertz CT molecular complexity index is 1870. The van der Waals surface area contributed by atoms with E-state index in [0.717, 1.165) is 33.4 Å². The summed E-state index contributed by atoms with van der Waals surface area (Å²) in [5.74, 6) is -0.665. The van der Waals surface area contributed by atoms with Crippen molar-refractivity contribution >= 4 is 23.6 Å². The molecular weight excluding hydrogens is 625 g/mol. The van der Waals surface area contributed by atoms with Crippen molar-refractivity contribution in [3.63, 3.8) is 0 Å². The lowest BCUT2D eigenvalue weighted by Crippen LogP contribution is -2.38. The molecule has 9 heteroatoms. The standard InChI is InChI=1S/C39H36N2O6S/c1-25-34(24-48-35-13-3-2-12-33(35)38(44)45)46-39(47-36(25)28-16-14-26(23-42)15-17-28)31-10-5-9-30(20-31)29-8-4-7-27(19-29)21-41-37(43)32-11-6-18-40-22-32/h2-20,22,25,34,36,39,42H,21,23-24H2,1H3,(H,41,43)(H,44,45)/t25-,34+,36+,39+/m0/s1. The van der Waals surface area contributed by atoms with Crippen LogP contribution in [-0.2, 0) is 22.6 Å². The molecule has 6 rings (SSSR count). The van der Waals surface area contributed by atoms with Crippen LogP contribution in [0.15, 0.2) is 126 Å². The molecule has 1 amide bonds. The Kier molecular flexibility index (Phi) is 10.6. The van der Waals surface area contributed by atoms with Crippen molar-refractivity contribution in [2.75, 3.05) is 5.75 Å². The fraction of sp³-hybridized carbons (Fsp3) is 0.205. The highest BCUT2D eigenvalue weighted by Crippen LogP contribution is 2.43. The molecule has 1 aromatic heterocycles. The van der Waals surface area contributed by atoms with Crippen molar-refractivity contribution in [1.82, 2.24) is 10.3 Å². The Morgan fingerprint density at radius 2 is 1.60 bits per heavy atom. The van der Waals surface area contributed by atoms with E-state index in [-0.39, 0.29) is 36.2 Å². The molecule has 1 aliphatic heterocycles. The molecule has 1 aliphatic rings. The molecule has 2 heterocycles. The van der Waals surface area contributed by atoms with Crippen LogP contribution in [0, 0.1) is 5.92 Å². The number of thioether (sulfide) groups is 1. The first kappa shape index (κ1) is 33.1. The third kappa shape index (κ3) is 7.83. The molecule has 0 radical (unpaired) electrons. The van der Waals surface area contributed by atoms with E-state index < -0.39 is 12.3 Å². The van der Waals surface area contributed by atoms with Gasteiger partial charge in [0.25, 0.3) is 5.91 Å². The molecule has 0 bridgehead atoms. The van der Waals surface area contributed by atoms with Crippen molar-refractivity contribution in [1.29, 1.82) is 0 Å². The molecule has 3 N–H and O–H groups in total. The number of aliphatic hydroxyl groups is 1. The number of pyridine rings is 1. The van der Waals surface area contributed by atoms with Crippen LogP contribution in [-0.4, -0.2) is 38.9 Å². The average Bonchev–Trinajstić information content (AvgIpc) is 3.14.